The van der Waals surface area contributed by atoms with E-state index in [4.69, 9.17) is 27.4 Å². The molecule has 1 aromatic carbocycles. The average Bonchev–Trinajstić information content (AvgIpc) is 3.04. The zero-order chi connectivity index (χ0) is 17.1. The van der Waals surface area contributed by atoms with Gasteiger partial charge in [0, 0.05) is 6.54 Å². The number of nitrogens with zero attached hydrogens (tertiary/aromatic N) is 1. The normalized spacial score (nSPS) is 21.8. The molecule has 1 heterocycles. The van der Waals surface area contributed by atoms with E-state index in [0.717, 1.165) is 29.9 Å². The first-order chi connectivity index (χ1) is 11.6. The molecule has 1 saturated heterocycles. The quantitative estimate of drug-likeness (QED) is 0.791. The topological polar surface area (TPSA) is 76.8 Å². The molecule has 0 aromatic heterocycles. The van der Waals surface area contributed by atoms with Gasteiger partial charge in [-0.2, -0.15) is 0 Å². The zero-order valence-electron chi connectivity index (χ0n) is 13.8. The molecule has 7 heteroatoms. The largest absolute Gasteiger partial charge is 0.493 e. The number of nitrogens with one attached hydrogen (secondary N) is 1. The fraction of sp³-hybridized carbons (Fsp3) is 0.529. The van der Waals surface area contributed by atoms with Crippen molar-refractivity contribution in [1.82, 2.24) is 10.2 Å². The Kier molecular flexibility index (Phi) is 5.20. The minimum Gasteiger partial charge on any atom is -0.493 e. The Labute approximate surface area is 147 Å². The summed E-state index contributed by atoms with van der Waals surface area (Å²) in [6.07, 6.45) is 4.68. The SMILES string of the molecule is COc1ccc(CN2C(=S)NC(=O)CC2N)cc1OC1CCCC1. The first-order valence-electron chi connectivity index (χ1n) is 8.26. The molecule has 3 rings (SSSR count). The van der Waals surface area contributed by atoms with Crippen LogP contribution in [0, 0.1) is 0 Å². The summed E-state index contributed by atoms with van der Waals surface area (Å²) in [5.41, 5.74) is 7.07. The molecule has 3 N–H and O–H groups in total. The second kappa shape index (κ2) is 7.36. The van der Waals surface area contributed by atoms with Crippen molar-refractivity contribution in [2.75, 3.05) is 7.11 Å². The number of carbonyl (C=O) groups is 1. The van der Waals surface area contributed by atoms with Gasteiger partial charge in [0.2, 0.25) is 5.91 Å². The van der Waals surface area contributed by atoms with E-state index >= 15 is 0 Å². The number of carbonyl (C=O) groups excluding carboxylic acids is 1. The molecule has 1 aromatic rings. The number of thiocarbonyl (C=S) groups is 1. The van der Waals surface area contributed by atoms with Gasteiger partial charge in [-0.3, -0.25) is 4.79 Å². The van der Waals surface area contributed by atoms with E-state index in [2.05, 4.69) is 5.32 Å². The highest BCUT2D eigenvalue weighted by Crippen LogP contribution is 2.33. The van der Waals surface area contributed by atoms with E-state index in [1.54, 1.807) is 7.11 Å². The summed E-state index contributed by atoms with van der Waals surface area (Å²) in [4.78, 5) is 13.3. The number of hydrogen-bond acceptors (Lipinski definition) is 5. The maximum atomic E-state index is 11.5. The minimum atomic E-state index is -0.410. The molecular weight excluding hydrogens is 326 g/mol. The molecule has 6 nitrogen and oxygen atoms in total. The third-order valence-electron chi connectivity index (χ3n) is 4.48. The van der Waals surface area contributed by atoms with E-state index in [-0.39, 0.29) is 18.4 Å². The smallest absolute Gasteiger partial charge is 0.229 e. The van der Waals surface area contributed by atoms with Crippen LogP contribution in [0.5, 0.6) is 11.5 Å². The van der Waals surface area contributed by atoms with Crippen molar-refractivity contribution in [3.05, 3.63) is 23.8 Å². The van der Waals surface area contributed by atoms with Gasteiger partial charge in [0.05, 0.1) is 25.8 Å². The van der Waals surface area contributed by atoms with Crippen LogP contribution in [0.15, 0.2) is 18.2 Å². The van der Waals surface area contributed by atoms with Gasteiger partial charge in [-0.1, -0.05) is 6.07 Å². The number of rotatable bonds is 5. The lowest BCUT2D eigenvalue weighted by Gasteiger charge is -2.35. The minimum absolute atomic E-state index is 0.135. The monoisotopic (exact) mass is 349 g/mol. The van der Waals surface area contributed by atoms with Crippen LogP contribution in [0.4, 0.5) is 0 Å². The van der Waals surface area contributed by atoms with Crippen molar-refractivity contribution in [3.63, 3.8) is 0 Å². The molecule has 1 aliphatic heterocycles. The Morgan fingerprint density at radius 1 is 1.33 bits per heavy atom. The Balaban J connectivity index is 1.75. The Morgan fingerprint density at radius 3 is 2.75 bits per heavy atom. The fourth-order valence-corrected chi connectivity index (χ4v) is 3.49. The third kappa shape index (κ3) is 3.79. The molecule has 2 aliphatic rings. The fourth-order valence-electron chi connectivity index (χ4n) is 3.18. The molecule has 1 aliphatic carbocycles. The average molecular weight is 349 g/mol. The van der Waals surface area contributed by atoms with Crippen molar-refractivity contribution in [1.29, 1.82) is 0 Å². The summed E-state index contributed by atoms with van der Waals surface area (Å²) in [5, 5.41) is 3.03. The molecular formula is C17H23N3O3S. The first kappa shape index (κ1) is 17.0. The number of hydrogen-bond donors (Lipinski definition) is 2. The number of nitrogens with two attached hydrogens (primary N) is 1. The van der Waals surface area contributed by atoms with E-state index in [1.807, 2.05) is 23.1 Å². The summed E-state index contributed by atoms with van der Waals surface area (Å²) in [6.45, 7) is 0.519. The van der Waals surface area contributed by atoms with Crippen LogP contribution in [0.1, 0.15) is 37.7 Å². The molecule has 24 heavy (non-hydrogen) atoms. The zero-order valence-corrected chi connectivity index (χ0v) is 14.6. The van der Waals surface area contributed by atoms with Crippen LogP contribution < -0.4 is 20.5 Å². The van der Waals surface area contributed by atoms with Crippen molar-refractivity contribution in [3.8, 4) is 11.5 Å². The predicted octanol–water partition coefficient (Wildman–Crippen LogP) is 1.91. The molecule has 0 spiro atoms. The molecule has 1 amide bonds. The van der Waals surface area contributed by atoms with Crippen molar-refractivity contribution in [2.24, 2.45) is 5.73 Å². The lowest BCUT2D eigenvalue weighted by Crippen LogP contribution is -2.57. The lowest BCUT2D eigenvalue weighted by atomic mass is 10.1. The van der Waals surface area contributed by atoms with Crippen LogP contribution in [0.25, 0.3) is 0 Å². The molecule has 130 valence electrons. The maximum Gasteiger partial charge on any atom is 0.229 e. The number of ether oxygens (including phenoxy) is 2. The van der Waals surface area contributed by atoms with Gasteiger partial charge in [-0.05, 0) is 55.6 Å². The highest BCUT2D eigenvalue weighted by molar-refractivity contribution is 7.80. The van der Waals surface area contributed by atoms with Gasteiger partial charge in [0.15, 0.2) is 16.6 Å². The van der Waals surface area contributed by atoms with Crippen LogP contribution in [0.2, 0.25) is 0 Å². The summed E-state index contributed by atoms with van der Waals surface area (Å²) in [6, 6.07) is 5.84. The predicted molar refractivity (Wildman–Crippen MR) is 94.8 cm³/mol. The summed E-state index contributed by atoms with van der Waals surface area (Å²) < 4.78 is 11.5. The molecule has 0 bridgehead atoms. The number of methoxy groups -OCH3 is 1. The van der Waals surface area contributed by atoms with E-state index in [0.29, 0.717) is 11.7 Å². The Morgan fingerprint density at radius 2 is 2.08 bits per heavy atom. The van der Waals surface area contributed by atoms with Crippen LogP contribution in [-0.2, 0) is 11.3 Å². The standard InChI is InChI=1S/C17H23N3O3S/c1-22-13-7-6-11(8-14(13)23-12-4-2-3-5-12)10-20-15(18)9-16(21)19-17(20)24/h6-8,12,15H,2-5,9-10,18H2,1H3,(H,19,21,24). The highest BCUT2D eigenvalue weighted by atomic mass is 32.1. The maximum absolute atomic E-state index is 11.5. The number of benzene rings is 1. The van der Waals surface area contributed by atoms with E-state index in [1.165, 1.54) is 12.8 Å². The number of amides is 1. The van der Waals surface area contributed by atoms with Crippen molar-refractivity contribution in [2.45, 2.75) is 50.9 Å². The molecule has 1 unspecified atom stereocenters. The molecule has 1 saturated carbocycles. The van der Waals surface area contributed by atoms with Gasteiger partial charge in [0.1, 0.15) is 0 Å². The van der Waals surface area contributed by atoms with Gasteiger partial charge < -0.3 is 25.4 Å². The second-order valence-corrected chi connectivity index (χ2v) is 6.65. The van der Waals surface area contributed by atoms with Gasteiger partial charge in [-0.25, -0.2) is 0 Å². The van der Waals surface area contributed by atoms with Crippen molar-refractivity contribution < 1.29 is 14.3 Å². The van der Waals surface area contributed by atoms with E-state index < -0.39 is 6.17 Å². The summed E-state index contributed by atoms with van der Waals surface area (Å²) >= 11 is 5.24. The molecule has 2 fully saturated rings. The summed E-state index contributed by atoms with van der Waals surface area (Å²) in [7, 11) is 1.64. The van der Waals surface area contributed by atoms with Crippen molar-refractivity contribution >= 4 is 23.2 Å². The van der Waals surface area contributed by atoms with E-state index in [9.17, 15) is 4.79 Å². The van der Waals surface area contributed by atoms with Crippen LogP contribution >= 0.6 is 12.2 Å². The molecule has 0 radical (unpaired) electrons. The highest BCUT2D eigenvalue weighted by Gasteiger charge is 2.27. The second-order valence-electron chi connectivity index (χ2n) is 6.26. The van der Waals surface area contributed by atoms with Gasteiger partial charge in [-0.15, -0.1) is 0 Å². The lowest BCUT2D eigenvalue weighted by molar-refractivity contribution is -0.121. The van der Waals surface area contributed by atoms with Crippen LogP contribution in [0.3, 0.4) is 0 Å². The third-order valence-corrected chi connectivity index (χ3v) is 4.82. The van der Waals surface area contributed by atoms with Gasteiger partial charge >= 0.3 is 0 Å². The molecule has 1 atom stereocenters. The Bertz CT molecular complexity index is 632. The first-order valence-corrected chi connectivity index (χ1v) is 8.67. The summed E-state index contributed by atoms with van der Waals surface area (Å²) in [5.74, 6) is 1.34. The van der Waals surface area contributed by atoms with Gasteiger partial charge in [0.25, 0.3) is 0 Å². The van der Waals surface area contributed by atoms with Crippen LogP contribution in [-0.4, -0.2) is 35.3 Å². The Hall–Kier alpha value is -1.86.